The van der Waals surface area contributed by atoms with E-state index in [1.807, 2.05) is 13.8 Å². The molecule has 0 aromatic carbocycles. The van der Waals surface area contributed by atoms with Crippen molar-refractivity contribution in [2.24, 2.45) is 5.41 Å². The van der Waals surface area contributed by atoms with Crippen LogP contribution in [0.4, 0.5) is 0 Å². The van der Waals surface area contributed by atoms with Gasteiger partial charge in [-0.3, -0.25) is 4.79 Å². The maximum atomic E-state index is 11.3. The minimum absolute atomic E-state index is 0.00311. The molecule has 0 heterocycles. The molecule has 0 rings (SSSR count). The van der Waals surface area contributed by atoms with Gasteiger partial charge in [-0.05, 0) is 13.8 Å². The molecule has 0 radical (unpaired) electrons. The number of carbonyl (C=O) groups excluding carboxylic acids is 1. The summed E-state index contributed by atoms with van der Waals surface area (Å²) < 4.78 is 0. The van der Waals surface area contributed by atoms with Crippen LogP contribution in [0.2, 0.25) is 0 Å². The Morgan fingerprint density at radius 3 is 2.23 bits per heavy atom. The molecule has 3 N–H and O–H groups in total. The molecule has 78 valence electrons. The summed E-state index contributed by atoms with van der Waals surface area (Å²) in [6, 6.07) is -0.00311. The Morgan fingerprint density at radius 1 is 1.46 bits per heavy atom. The van der Waals surface area contributed by atoms with Crippen LogP contribution in [0.1, 0.15) is 27.7 Å². The van der Waals surface area contributed by atoms with E-state index in [0.29, 0.717) is 0 Å². The minimum Gasteiger partial charge on any atom is -0.396 e. The molecule has 0 aromatic heterocycles. The van der Waals surface area contributed by atoms with Crippen molar-refractivity contribution in [3.05, 3.63) is 0 Å². The molecule has 1 atom stereocenters. The van der Waals surface area contributed by atoms with Gasteiger partial charge in [-0.25, -0.2) is 0 Å². The first kappa shape index (κ1) is 12.4. The van der Waals surface area contributed by atoms with E-state index in [9.17, 15) is 9.90 Å². The Balaban J connectivity index is 4.25. The van der Waals surface area contributed by atoms with Crippen molar-refractivity contribution in [3.63, 3.8) is 0 Å². The molecule has 0 aliphatic heterocycles. The SMILES string of the molecule is CC(C)NC(=O)C(O)C(C)(C)CO. The number of hydrogen-bond acceptors (Lipinski definition) is 3. The second kappa shape index (κ2) is 4.58. The van der Waals surface area contributed by atoms with Crippen LogP contribution in [0.25, 0.3) is 0 Å². The first-order valence-electron chi connectivity index (χ1n) is 4.40. The highest BCUT2D eigenvalue weighted by Gasteiger charge is 2.32. The van der Waals surface area contributed by atoms with E-state index in [2.05, 4.69) is 5.32 Å². The number of aliphatic hydroxyl groups excluding tert-OH is 2. The molecule has 0 bridgehead atoms. The van der Waals surface area contributed by atoms with E-state index in [4.69, 9.17) is 5.11 Å². The molecule has 0 aliphatic rings. The lowest BCUT2D eigenvalue weighted by Crippen LogP contribution is -2.47. The molecular formula is C9H19NO3. The van der Waals surface area contributed by atoms with Crippen molar-refractivity contribution in [1.29, 1.82) is 0 Å². The van der Waals surface area contributed by atoms with Gasteiger partial charge in [0.05, 0.1) is 6.61 Å². The van der Waals surface area contributed by atoms with Crippen LogP contribution in [0.5, 0.6) is 0 Å². The fourth-order valence-corrected chi connectivity index (χ4v) is 0.805. The minimum atomic E-state index is -1.17. The predicted molar refractivity (Wildman–Crippen MR) is 50.2 cm³/mol. The quantitative estimate of drug-likeness (QED) is 0.578. The zero-order chi connectivity index (χ0) is 10.6. The first-order valence-corrected chi connectivity index (χ1v) is 4.40. The fourth-order valence-electron chi connectivity index (χ4n) is 0.805. The molecular weight excluding hydrogens is 170 g/mol. The smallest absolute Gasteiger partial charge is 0.249 e. The summed E-state index contributed by atoms with van der Waals surface area (Å²) in [5.74, 6) is -0.436. The second-order valence-corrected chi connectivity index (χ2v) is 4.21. The Morgan fingerprint density at radius 2 is 1.92 bits per heavy atom. The molecule has 0 spiro atoms. The zero-order valence-corrected chi connectivity index (χ0v) is 8.66. The van der Waals surface area contributed by atoms with E-state index >= 15 is 0 Å². The van der Waals surface area contributed by atoms with Crippen LogP contribution in [-0.2, 0) is 4.79 Å². The third kappa shape index (κ3) is 3.74. The van der Waals surface area contributed by atoms with Gasteiger partial charge in [-0.2, -0.15) is 0 Å². The number of rotatable bonds is 4. The van der Waals surface area contributed by atoms with Crippen LogP contribution in [0, 0.1) is 5.41 Å². The van der Waals surface area contributed by atoms with Crippen LogP contribution < -0.4 is 5.32 Å². The van der Waals surface area contributed by atoms with Crippen molar-refractivity contribution >= 4 is 5.91 Å². The number of nitrogens with one attached hydrogen (secondary N) is 1. The molecule has 0 saturated heterocycles. The number of aliphatic hydroxyl groups is 2. The van der Waals surface area contributed by atoms with Crippen LogP contribution >= 0.6 is 0 Å². The van der Waals surface area contributed by atoms with E-state index < -0.39 is 17.4 Å². The molecule has 0 fully saturated rings. The summed E-state index contributed by atoms with van der Waals surface area (Å²) in [5.41, 5.74) is -0.793. The summed E-state index contributed by atoms with van der Waals surface area (Å²) in [6.07, 6.45) is -1.17. The summed E-state index contributed by atoms with van der Waals surface area (Å²) in [4.78, 5) is 11.3. The first-order chi connectivity index (χ1) is 5.81. The zero-order valence-electron chi connectivity index (χ0n) is 8.66. The average Bonchev–Trinajstić information content (AvgIpc) is 2.01. The van der Waals surface area contributed by atoms with Crippen molar-refractivity contribution in [3.8, 4) is 0 Å². The third-order valence-corrected chi connectivity index (χ3v) is 1.83. The van der Waals surface area contributed by atoms with Crippen molar-refractivity contribution < 1.29 is 15.0 Å². The molecule has 1 amide bonds. The lowest BCUT2D eigenvalue weighted by atomic mass is 9.87. The topological polar surface area (TPSA) is 69.6 Å². The Bertz CT molecular complexity index is 178. The van der Waals surface area contributed by atoms with E-state index in [1.165, 1.54) is 0 Å². The lowest BCUT2D eigenvalue weighted by molar-refractivity contribution is -0.137. The van der Waals surface area contributed by atoms with Gasteiger partial charge in [0.15, 0.2) is 0 Å². The Labute approximate surface area is 79.0 Å². The van der Waals surface area contributed by atoms with Crippen molar-refractivity contribution in [2.45, 2.75) is 39.8 Å². The number of hydrogen-bond donors (Lipinski definition) is 3. The highest BCUT2D eigenvalue weighted by molar-refractivity contribution is 5.81. The van der Waals surface area contributed by atoms with Gasteiger partial charge >= 0.3 is 0 Å². The van der Waals surface area contributed by atoms with Crippen molar-refractivity contribution in [2.75, 3.05) is 6.61 Å². The Kier molecular flexibility index (Phi) is 4.36. The van der Waals surface area contributed by atoms with E-state index in [-0.39, 0.29) is 12.6 Å². The number of carbonyl (C=O) groups is 1. The molecule has 0 aromatic rings. The van der Waals surface area contributed by atoms with Gasteiger partial charge in [0.1, 0.15) is 6.10 Å². The van der Waals surface area contributed by atoms with Gasteiger partial charge in [0, 0.05) is 11.5 Å². The predicted octanol–water partition coefficient (Wildman–Crippen LogP) is -0.110. The van der Waals surface area contributed by atoms with E-state index in [0.717, 1.165) is 0 Å². The lowest BCUT2D eigenvalue weighted by Gasteiger charge is -2.27. The second-order valence-electron chi connectivity index (χ2n) is 4.21. The highest BCUT2D eigenvalue weighted by Crippen LogP contribution is 2.19. The monoisotopic (exact) mass is 189 g/mol. The maximum Gasteiger partial charge on any atom is 0.249 e. The molecule has 13 heavy (non-hydrogen) atoms. The standard InChI is InChI=1S/C9H19NO3/c1-6(2)10-8(13)7(12)9(3,4)5-11/h6-7,11-12H,5H2,1-4H3,(H,10,13). The molecule has 1 unspecified atom stereocenters. The molecule has 0 aliphatic carbocycles. The Hall–Kier alpha value is -0.610. The van der Waals surface area contributed by atoms with Gasteiger partial charge in [0.2, 0.25) is 5.91 Å². The molecule has 4 heteroatoms. The van der Waals surface area contributed by atoms with Crippen LogP contribution in [-0.4, -0.2) is 34.9 Å². The molecule has 0 saturated carbocycles. The van der Waals surface area contributed by atoms with E-state index in [1.54, 1.807) is 13.8 Å². The van der Waals surface area contributed by atoms with Crippen LogP contribution in [0.3, 0.4) is 0 Å². The normalized spacial score (nSPS) is 14.4. The van der Waals surface area contributed by atoms with Gasteiger partial charge in [-0.15, -0.1) is 0 Å². The molecule has 4 nitrogen and oxygen atoms in total. The largest absolute Gasteiger partial charge is 0.396 e. The summed E-state index contributed by atoms with van der Waals surface area (Å²) in [5, 5.41) is 21.0. The number of amides is 1. The fraction of sp³-hybridized carbons (Fsp3) is 0.889. The third-order valence-electron chi connectivity index (χ3n) is 1.83. The van der Waals surface area contributed by atoms with Crippen molar-refractivity contribution in [1.82, 2.24) is 5.32 Å². The summed E-state index contributed by atoms with van der Waals surface area (Å²) >= 11 is 0. The highest BCUT2D eigenvalue weighted by atomic mass is 16.3. The maximum absolute atomic E-state index is 11.3. The van der Waals surface area contributed by atoms with Gasteiger partial charge < -0.3 is 15.5 Å². The average molecular weight is 189 g/mol. The summed E-state index contributed by atoms with van der Waals surface area (Å²) in [7, 11) is 0. The van der Waals surface area contributed by atoms with Crippen LogP contribution in [0.15, 0.2) is 0 Å². The van der Waals surface area contributed by atoms with Gasteiger partial charge in [-0.1, -0.05) is 13.8 Å². The summed E-state index contributed by atoms with van der Waals surface area (Å²) in [6.45, 7) is 6.68. The van der Waals surface area contributed by atoms with Gasteiger partial charge in [0.25, 0.3) is 0 Å².